The van der Waals surface area contributed by atoms with E-state index in [0.717, 1.165) is 23.3 Å². The largest absolute Gasteiger partial charge is 0.489 e. The van der Waals surface area contributed by atoms with E-state index in [-0.39, 0.29) is 5.82 Å². The molecule has 0 fully saturated rings. The molecule has 0 heterocycles. The molecular weight excluding hydrogens is 227 g/mol. The van der Waals surface area contributed by atoms with Crippen molar-refractivity contribution >= 4 is 0 Å². The van der Waals surface area contributed by atoms with E-state index in [1.165, 1.54) is 17.7 Å². The maximum atomic E-state index is 13.1. The number of rotatable bonds is 4. The number of benzene rings is 2. The Morgan fingerprint density at radius 3 is 2.72 bits per heavy atom. The number of hydrogen-bond acceptors (Lipinski definition) is 1. The summed E-state index contributed by atoms with van der Waals surface area (Å²) >= 11 is 0. The van der Waals surface area contributed by atoms with Crippen LogP contribution in [0.5, 0.6) is 5.75 Å². The summed E-state index contributed by atoms with van der Waals surface area (Å²) in [6.45, 7) is 4.47. The van der Waals surface area contributed by atoms with Crippen LogP contribution < -0.4 is 4.74 Å². The van der Waals surface area contributed by atoms with Crippen LogP contribution in [0.15, 0.2) is 42.5 Å². The van der Waals surface area contributed by atoms with Crippen molar-refractivity contribution in [2.75, 3.05) is 0 Å². The van der Waals surface area contributed by atoms with Crippen LogP contribution in [0.1, 0.15) is 23.6 Å². The first kappa shape index (κ1) is 12.6. The van der Waals surface area contributed by atoms with Crippen molar-refractivity contribution in [3.8, 4) is 5.75 Å². The van der Waals surface area contributed by atoms with E-state index in [1.807, 2.05) is 25.1 Å². The average Bonchev–Trinajstić information content (AvgIpc) is 2.40. The minimum atomic E-state index is -0.221. The zero-order valence-electron chi connectivity index (χ0n) is 10.7. The lowest BCUT2D eigenvalue weighted by Gasteiger charge is -2.09. The quantitative estimate of drug-likeness (QED) is 0.780. The summed E-state index contributed by atoms with van der Waals surface area (Å²) in [7, 11) is 0. The summed E-state index contributed by atoms with van der Waals surface area (Å²) in [4.78, 5) is 0. The Balaban J connectivity index is 2.08. The second-order valence-corrected chi connectivity index (χ2v) is 4.36. The molecule has 0 N–H and O–H groups in total. The molecule has 1 nitrogen and oxygen atoms in total. The van der Waals surface area contributed by atoms with E-state index < -0.39 is 0 Å². The molecule has 0 aliphatic rings. The van der Waals surface area contributed by atoms with Gasteiger partial charge in [-0.2, -0.15) is 0 Å². The first-order valence-corrected chi connectivity index (χ1v) is 6.16. The van der Waals surface area contributed by atoms with Crippen molar-refractivity contribution in [3.63, 3.8) is 0 Å². The van der Waals surface area contributed by atoms with Crippen molar-refractivity contribution in [1.82, 2.24) is 0 Å². The third kappa shape index (κ3) is 3.10. The third-order valence-corrected chi connectivity index (χ3v) is 3.01. The second-order valence-electron chi connectivity index (χ2n) is 4.36. The van der Waals surface area contributed by atoms with Gasteiger partial charge in [0.05, 0.1) is 0 Å². The summed E-state index contributed by atoms with van der Waals surface area (Å²) in [5.74, 6) is 0.611. The fraction of sp³-hybridized carbons (Fsp3) is 0.250. The highest BCUT2D eigenvalue weighted by atomic mass is 19.1. The molecule has 0 aliphatic heterocycles. The van der Waals surface area contributed by atoms with Crippen molar-refractivity contribution in [1.29, 1.82) is 0 Å². The zero-order valence-corrected chi connectivity index (χ0v) is 10.7. The van der Waals surface area contributed by atoms with Gasteiger partial charge in [0.1, 0.15) is 18.2 Å². The van der Waals surface area contributed by atoms with E-state index >= 15 is 0 Å². The Kier molecular flexibility index (Phi) is 3.98. The molecule has 2 aromatic rings. The van der Waals surface area contributed by atoms with Crippen LogP contribution in [-0.4, -0.2) is 0 Å². The maximum Gasteiger partial charge on any atom is 0.123 e. The van der Waals surface area contributed by atoms with Crippen LogP contribution in [0.4, 0.5) is 4.39 Å². The number of hydrogen-bond donors (Lipinski definition) is 0. The summed E-state index contributed by atoms with van der Waals surface area (Å²) in [6.07, 6.45) is 0.982. The topological polar surface area (TPSA) is 9.23 Å². The molecule has 0 aromatic heterocycles. The molecule has 0 saturated heterocycles. The van der Waals surface area contributed by atoms with Crippen molar-refractivity contribution in [3.05, 3.63) is 65.0 Å². The second kappa shape index (κ2) is 5.67. The first-order chi connectivity index (χ1) is 8.69. The van der Waals surface area contributed by atoms with Gasteiger partial charge in [-0.1, -0.05) is 25.1 Å². The summed E-state index contributed by atoms with van der Waals surface area (Å²) in [5.41, 5.74) is 3.17. The Bertz CT molecular complexity index is 534. The van der Waals surface area contributed by atoms with Crippen molar-refractivity contribution in [2.24, 2.45) is 0 Å². The Morgan fingerprint density at radius 1 is 1.11 bits per heavy atom. The molecule has 0 unspecified atom stereocenters. The number of ether oxygens (including phenoxy) is 1. The molecule has 2 aromatic carbocycles. The molecule has 0 aliphatic carbocycles. The standard InChI is InChI=1S/C16H17FO/c1-3-13-5-4-6-16(9-13)18-11-14-10-15(17)8-7-12(14)2/h4-10H,3,11H2,1-2H3. The minimum Gasteiger partial charge on any atom is -0.489 e. The van der Waals surface area contributed by atoms with Gasteiger partial charge < -0.3 is 4.74 Å². The Morgan fingerprint density at radius 2 is 1.94 bits per heavy atom. The van der Waals surface area contributed by atoms with Gasteiger partial charge in [-0.05, 0) is 54.3 Å². The summed E-state index contributed by atoms with van der Waals surface area (Å²) in [6, 6.07) is 12.8. The normalized spacial score (nSPS) is 10.4. The average molecular weight is 244 g/mol. The van der Waals surface area contributed by atoms with Gasteiger partial charge in [-0.3, -0.25) is 0 Å². The smallest absolute Gasteiger partial charge is 0.123 e. The number of halogens is 1. The summed E-state index contributed by atoms with van der Waals surface area (Å²) < 4.78 is 18.8. The van der Waals surface area contributed by atoms with E-state index in [4.69, 9.17) is 4.74 Å². The highest BCUT2D eigenvalue weighted by Crippen LogP contribution is 2.17. The summed E-state index contributed by atoms with van der Waals surface area (Å²) in [5, 5.41) is 0. The van der Waals surface area contributed by atoms with Crippen LogP contribution in [0, 0.1) is 12.7 Å². The lowest BCUT2D eigenvalue weighted by atomic mass is 10.1. The van der Waals surface area contributed by atoms with E-state index in [0.29, 0.717) is 6.61 Å². The molecule has 0 atom stereocenters. The molecule has 0 saturated carbocycles. The fourth-order valence-corrected chi connectivity index (χ4v) is 1.81. The predicted octanol–water partition coefficient (Wildman–Crippen LogP) is 4.28. The molecule has 0 amide bonds. The van der Waals surface area contributed by atoms with E-state index in [9.17, 15) is 4.39 Å². The molecule has 94 valence electrons. The molecule has 18 heavy (non-hydrogen) atoms. The van der Waals surface area contributed by atoms with Gasteiger partial charge in [0.15, 0.2) is 0 Å². The van der Waals surface area contributed by atoms with Gasteiger partial charge in [0.25, 0.3) is 0 Å². The predicted molar refractivity (Wildman–Crippen MR) is 71.3 cm³/mol. The SMILES string of the molecule is CCc1cccc(OCc2cc(F)ccc2C)c1. The van der Waals surface area contributed by atoms with Crippen molar-refractivity contribution in [2.45, 2.75) is 26.9 Å². The van der Waals surface area contributed by atoms with Crippen LogP contribution in [0.2, 0.25) is 0 Å². The van der Waals surface area contributed by atoms with Gasteiger partial charge >= 0.3 is 0 Å². The van der Waals surface area contributed by atoms with Gasteiger partial charge in [-0.15, -0.1) is 0 Å². The molecule has 2 rings (SSSR count). The van der Waals surface area contributed by atoms with Crippen molar-refractivity contribution < 1.29 is 9.13 Å². The van der Waals surface area contributed by atoms with Crippen LogP contribution >= 0.6 is 0 Å². The van der Waals surface area contributed by atoms with Gasteiger partial charge in [0.2, 0.25) is 0 Å². The van der Waals surface area contributed by atoms with Gasteiger partial charge in [0, 0.05) is 0 Å². The Labute approximate surface area is 107 Å². The first-order valence-electron chi connectivity index (χ1n) is 6.16. The van der Waals surface area contributed by atoms with Crippen LogP contribution in [0.25, 0.3) is 0 Å². The molecule has 2 heteroatoms. The van der Waals surface area contributed by atoms with Crippen LogP contribution in [0.3, 0.4) is 0 Å². The van der Waals surface area contributed by atoms with E-state index in [2.05, 4.69) is 13.0 Å². The fourth-order valence-electron chi connectivity index (χ4n) is 1.81. The Hall–Kier alpha value is -1.83. The van der Waals surface area contributed by atoms with Gasteiger partial charge in [-0.25, -0.2) is 4.39 Å². The monoisotopic (exact) mass is 244 g/mol. The molecular formula is C16H17FO. The zero-order chi connectivity index (χ0) is 13.0. The number of aryl methyl sites for hydroxylation is 2. The lowest BCUT2D eigenvalue weighted by Crippen LogP contribution is -1.99. The van der Waals surface area contributed by atoms with E-state index in [1.54, 1.807) is 6.07 Å². The highest BCUT2D eigenvalue weighted by molar-refractivity contribution is 5.30. The molecule has 0 bridgehead atoms. The molecule has 0 radical (unpaired) electrons. The lowest BCUT2D eigenvalue weighted by molar-refractivity contribution is 0.304. The third-order valence-electron chi connectivity index (χ3n) is 3.01. The van der Waals surface area contributed by atoms with Crippen LogP contribution in [-0.2, 0) is 13.0 Å². The minimum absolute atomic E-state index is 0.221. The maximum absolute atomic E-state index is 13.1. The highest BCUT2D eigenvalue weighted by Gasteiger charge is 2.02. The molecule has 0 spiro atoms.